The highest BCUT2D eigenvalue weighted by Crippen LogP contribution is 2.29. The molecule has 0 aliphatic heterocycles. The van der Waals surface area contributed by atoms with E-state index < -0.39 is 0 Å². The first-order chi connectivity index (χ1) is 9.02. The van der Waals surface area contributed by atoms with Gasteiger partial charge in [-0.05, 0) is 31.5 Å². The van der Waals surface area contributed by atoms with E-state index in [4.69, 9.17) is 11.6 Å². The first-order valence-corrected chi connectivity index (χ1v) is 6.57. The normalized spacial score (nSPS) is 10.6. The number of aryl methyl sites for hydroxylation is 2. The van der Waals surface area contributed by atoms with Crippen molar-refractivity contribution in [2.24, 2.45) is 0 Å². The Morgan fingerprint density at radius 2 is 2.00 bits per heavy atom. The van der Waals surface area contributed by atoms with Gasteiger partial charge in [-0.2, -0.15) is 0 Å². The third-order valence-corrected chi connectivity index (χ3v) is 3.37. The monoisotopic (exact) mass is 278 g/mol. The van der Waals surface area contributed by atoms with Crippen molar-refractivity contribution < 1.29 is 4.39 Å². The van der Waals surface area contributed by atoms with Gasteiger partial charge >= 0.3 is 0 Å². The number of hydrogen-bond acceptors (Lipinski definition) is 2. The molecule has 1 heterocycles. The standard InChI is InChI=1S/C15H16ClFN2/c1-10-4-5-14(11(2)6-10)19(3)15-12(8-16)7-13(17)9-18-15/h4-7,9H,8H2,1-3H3. The molecule has 0 saturated heterocycles. The summed E-state index contributed by atoms with van der Waals surface area (Å²) in [6.07, 6.45) is 1.21. The minimum Gasteiger partial charge on any atom is -0.329 e. The van der Waals surface area contributed by atoms with E-state index in [0.717, 1.165) is 11.3 Å². The van der Waals surface area contributed by atoms with Crippen LogP contribution in [0.25, 0.3) is 0 Å². The Kier molecular flexibility index (Phi) is 4.05. The molecule has 0 aliphatic carbocycles. The topological polar surface area (TPSA) is 16.1 Å². The lowest BCUT2D eigenvalue weighted by Crippen LogP contribution is -2.14. The third-order valence-electron chi connectivity index (χ3n) is 3.08. The molecule has 1 aromatic carbocycles. The van der Waals surface area contributed by atoms with E-state index >= 15 is 0 Å². The van der Waals surface area contributed by atoms with Crippen LogP contribution in [0.2, 0.25) is 0 Å². The molecule has 2 rings (SSSR count). The molecular weight excluding hydrogens is 263 g/mol. The second kappa shape index (κ2) is 5.57. The molecule has 0 atom stereocenters. The van der Waals surface area contributed by atoms with Crippen molar-refractivity contribution in [2.45, 2.75) is 19.7 Å². The smallest absolute Gasteiger partial charge is 0.141 e. The van der Waals surface area contributed by atoms with Gasteiger partial charge in [0.1, 0.15) is 11.6 Å². The van der Waals surface area contributed by atoms with Crippen LogP contribution in [0, 0.1) is 19.7 Å². The number of halogens is 2. The molecule has 2 nitrogen and oxygen atoms in total. The summed E-state index contributed by atoms with van der Waals surface area (Å²) >= 11 is 5.87. The van der Waals surface area contributed by atoms with Crippen LogP contribution in [0.15, 0.2) is 30.5 Å². The maximum Gasteiger partial charge on any atom is 0.141 e. The van der Waals surface area contributed by atoms with Crippen LogP contribution >= 0.6 is 11.6 Å². The molecule has 19 heavy (non-hydrogen) atoms. The van der Waals surface area contributed by atoms with E-state index in [2.05, 4.69) is 18.0 Å². The van der Waals surface area contributed by atoms with Crippen molar-refractivity contribution in [1.29, 1.82) is 0 Å². The molecule has 0 bridgehead atoms. The van der Waals surface area contributed by atoms with Gasteiger partial charge in [-0.1, -0.05) is 17.7 Å². The zero-order valence-corrected chi connectivity index (χ0v) is 12.0. The lowest BCUT2D eigenvalue weighted by molar-refractivity contribution is 0.619. The molecule has 100 valence electrons. The molecule has 2 aromatic rings. The molecule has 4 heteroatoms. The van der Waals surface area contributed by atoms with Crippen molar-refractivity contribution in [3.63, 3.8) is 0 Å². The van der Waals surface area contributed by atoms with Crippen molar-refractivity contribution >= 4 is 23.1 Å². The van der Waals surface area contributed by atoms with Gasteiger partial charge in [-0.25, -0.2) is 9.37 Å². The molecular formula is C15H16ClFN2. The predicted octanol–water partition coefficient (Wildman–Crippen LogP) is 4.34. The second-order valence-electron chi connectivity index (χ2n) is 4.62. The van der Waals surface area contributed by atoms with E-state index in [1.807, 2.05) is 31.0 Å². The average molecular weight is 279 g/mol. The Labute approximate surface area is 117 Å². The molecule has 0 unspecified atom stereocenters. The molecule has 0 saturated carbocycles. The molecule has 1 aromatic heterocycles. The summed E-state index contributed by atoms with van der Waals surface area (Å²) < 4.78 is 13.2. The van der Waals surface area contributed by atoms with E-state index in [9.17, 15) is 4.39 Å². The number of alkyl halides is 1. The summed E-state index contributed by atoms with van der Waals surface area (Å²) in [6, 6.07) is 7.61. The average Bonchev–Trinajstić information content (AvgIpc) is 2.37. The number of benzene rings is 1. The number of nitrogens with zero attached hydrogens (tertiary/aromatic N) is 2. The second-order valence-corrected chi connectivity index (χ2v) is 4.89. The van der Waals surface area contributed by atoms with Crippen LogP contribution in [0.3, 0.4) is 0 Å². The Bertz CT molecular complexity index is 599. The molecule has 0 spiro atoms. The van der Waals surface area contributed by atoms with Crippen LogP contribution in [0.1, 0.15) is 16.7 Å². The van der Waals surface area contributed by atoms with Crippen LogP contribution in [-0.2, 0) is 5.88 Å². The van der Waals surface area contributed by atoms with E-state index in [0.29, 0.717) is 11.4 Å². The third kappa shape index (κ3) is 2.87. The van der Waals surface area contributed by atoms with Gasteiger partial charge in [0.2, 0.25) is 0 Å². The molecule has 0 N–H and O–H groups in total. The van der Waals surface area contributed by atoms with Crippen molar-refractivity contribution in [2.75, 3.05) is 11.9 Å². The zero-order valence-electron chi connectivity index (χ0n) is 11.2. The number of pyridine rings is 1. The Morgan fingerprint density at radius 3 is 2.63 bits per heavy atom. The highest BCUT2D eigenvalue weighted by atomic mass is 35.5. The summed E-state index contributed by atoms with van der Waals surface area (Å²) in [6.45, 7) is 4.10. The van der Waals surface area contributed by atoms with Crippen LogP contribution in [-0.4, -0.2) is 12.0 Å². The maximum absolute atomic E-state index is 13.2. The Hall–Kier alpha value is -1.61. The zero-order chi connectivity index (χ0) is 14.0. The number of hydrogen-bond donors (Lipinski definition) is 0. The summed E-state index contributed by atoms with van der Waals surface area (Å²) in [5, 5.41) is 0. The largest absolute Gasteiger partial charge is 0.329 e. The SMILES string of the molecule is Cc1ccc(N(C)c2ncc(F)cc2CCl)c(C)c1. The van der Waals surface area contributed by atoms with Gasteiger partial charge in [-0.15, -0.1) is 11.6 Å². The fourth-order valence-electron chi connectivity index (χ4n) is 2.17. The van der Waals surface area contributed by atoms with Crippen molar-refractivity contribution in [1.82, 2.24) is 4.98 Å². The van der Waals surface area contributed by atoms with Gasteiger partial charge in [0, 0.05) is 18.3 Å². The van der Waals surface area contributed by atoms with E-state index in [1.54, 1.807) is 0 Å². The minimum absolute atomic E-state index is 0.231. The fraction of sp³-hybridized carbons (Fsp3) is 0.267. The first kappa shape index (κ1) is 13.8. The number of aromatic nitrogens is 1. The van der Waals surface area contributed by atoms with Crippen LogP contribution < -0.4 is 4.90 Å². The highest BCUT2D eigenvalue weighted by Gasteiger charge is 2.13. The van der Waals surface area contributed by atoms with E-state index in [-0.39, 0.29) is 11.7 Å². The van der Waals surface area contributed by atoms with Gasteiger partial charge in [0.05, 0.1) is 12.1 Å². The summed E-state index contributed by atoms with van der Waals surface area (Å²) in [4.78, 5) is 6.09. The van der Waals surface area contributed by atoms with Gasteiger partial charge in [-0.3, -0.25) is 0 Å². The summed E-state index contributed by atoms with van der Waals surface area (Å²) in [5.41, 5.74) is 4.08. The van der Waals surface area contributed by atoms with E-state index in [1.165, 1.54) is 17.8 Å². The number of rotatable bonds is 3. The minimum atomic E-state index is -0.367. The number of anilines is 2. The summed E-state index contributed by atoms with van der Waals surface area (Å²) in [5.74, 6) is 0.548. The molecule has 0 fully saturated rings. The molecule has 0 aliphatic rings. The van der Waals surface area contributed by atoms with Gasteiger partial charge in [0.15, 0.2) is 0 Å². The lowest BCUT2D eigenvalue weighted by atomic mass is 10.1. The molecule has 0 radical (unpaired) electrons. The quantitative estimate of drug-likeness (QED) is 0.776. The van der Waals surface area contributed by atoms with Crippen LogP contribution in [0.5, 0.6) is 0 Å². The predicted molar refractivity (Wildman–Crippen MR) is 77.7 cm³/mol. The fourth-order valence-corrected chi connectivity index (χ4v) is 2.37. The molecule has 0 amide bonds. The first-order valence-electron chi connectivity index (χ1n) is 6.04. The Morgan fingerprint density at radius 1 is 1.26 bits per heavy atom. The Balaban J connectivity index is 2.46. The van der Waals surface area contributed by atoms with Gasteiger partial charge < -0.3 is 4.90 Å². The lowest BCUT2D eigenvalue weighted by Gasteiger charge is -2.22. The highest BCUT2D eigenvalue weighted by molar-refractivity contribution is 6.17. The maximum atomic E-state index is 13.2. The van der Waals surface area contributed by atoms with Crippen molar-refractivity contribution in [3.8, 4) is 0 Å². The van der Waals surface area contributed by atoms with Crippen LogP contribution in [0.4, 0.5) is 15.9 Å². The van der Waals surface area contributed by atoms with Crippen molar-refractivity contribution in [3.05, 3.63) is 53.0 Å². The van der Waals surface area contributed by atoms with Gasteiger partial charge in [0.25, 0.3) is 0 Å². The summed E-state index contributed by atoms with van der Waals surface area (Å²) in [7, 11) is 1.91.